The lowest BCUT2D eigenvalue weighted by atomic mass is 9.98. The van der Waals surface area contributed by atoms with Gasteiger partial charge in [-0.1, -0.05) is 18.2 Å². The fourth-order valence-electron chi connectivity index (χ4n) is 2.34. The first-order chi connectivity index (χ1) is 9.82. The molecular formula is C15H18F3N3. The van der Waals surface area contributed by atoms with E-state index >= 15 is 0 Å². The highest BCUT2D eigenvalue weighted by atomic mass is 19.4. The van der Waals surface area contributed by atoms with Crippen LogP contribution < -0.4 is 5.32 Å². The number of rotatable bonds is 4. The lowest BCUT2D eigenvalue weighted by molar-refractivity contribution is -0.137. The molecule has 0 saturated heterocycles. The second-order valence-electron chi connectivity index (χ2n) is 5.05. The van der Waals surface area contributed by atoms with Crippen molar-refractivity contribution in [3.05, 3.63) is 52.8 Å². The van der Waals surface area contributed by atoms with Crippen molar-refractivity contribution in [2.45, 2.75) is 25.6 Å². The SMILES string of the molecule is CNC(Cc1cccc(C(F)(F)F)c1)c1cnn(C)c1C. The van der Waals surface area contributed by atoms with E-state index in [-0.39, 0.29) is 6.04 Å². The summed E-state index contributed by atoms with van der Waals surface area (Å²) < 4.78 is 40.0. The predicted molar refractivity (Wildman–Crippen MR) is 74.9 cm³/mol. The molecule has 3 nitrogen and oxygen atoms in total. The molecule has 114 valence electrons. The highest BCUT2D eigenvalue weighted by molar-refractivity contribution is 5.29. The summed E-state index contributed by atoms with van der Waals surface area (Å²) in [6.45, 7) is 1.94. The Morgan fingerprint density at radius 1 is 1.33 bits per heavy atom. The Balaban J connectivity index is 2.25. The molecule has 1 unspecified atom stereocenters. The Morgan fingerprint density at radius 2 is 2.05 bits per heavy atom. The Hall–Kier alpha value is -1.82. The van der Waals surface area contributed by atoms with Crippen LogP contribution in [0, 0.1) is 6.92 Å². The number of nitrogens with zero attached hydrogens (tertiary/aromatic N) is 2. The van der Waals surface area contributed by atoms with Gasteiger partial charge < -0.3 is 5.32 Å². The van der Waals surface area contributed by atoms with E-state index in [2.05, 4.69) is 10.4 Å². The number of nitrogens with one attached hydrogen (secondary N) is 1. The first-order valence-corrected chi connectivity index (χ1v) is 6.65. The van der Waals surface area contributed by atoms with Gasteiger partial charge in [0.1, 0.15) is 0 Å². The third kappa shape index (κ3) is 3.44. The molecule has 1 N–H and O–H groups in total. The van der Waals surface area contributed by atoms with Crippen LogP contribution in [0.2, 0.25) is 0 Å². The molecule has 0 saturated carbocycles. The molecule has 0 aliphatic rings. The third-order valence-corrected chi connectivity index (χ3v) is 3.69. The zero-order valence-electron chi connectivity index (χ0n) is 12.2. The number of likely N-dealkylation sites (N-methyl/N-ethyl adjacent to an activating group) is 1. The van der Waals surface area contributed by atoms with Crippen LogP contribution >= 0.6 is 0 Å². The lowest BCUT2D eigenvalue weighted by Crippen LogP contribution is -2.19. The maximum absolute atomic E-state index is 12.7. The first kappa shape index (κ1) is 15.6. The van der Waals surface area contributed by atoms with Crippen LogP contribution in [0.3, 0.4) is 0 Å². The van der Waals surface area contributed by atoms with Gasteiger partial charge in [-0.2, -0.15) is 18.3 Å². The van der Waals surface area contributed by atoms with Gasteiger partial charge in [0.15, 0.2) is 0 Å². The van der Waals surface area contributed by atoms with Crippen molar-refractivity contribution in [1.29, 1.82) is 0 Å². The van der Waals surface area contributed by atoms with E-state index in [1.54, 1.807) is 24.0 Å². The van der Waals surface area contributed by atoms with Crippen molar-refractivity contribution in [3.63, 3.8) is 0 Å². The van der Waals surface area contributed by atoms with Crippen LogP contribution in [-0.2, 0) is 19.6 Å². The lowest BCUT2D eigenvalue weighted by Gasteiger charge is -2.17. The van der Waals surface area contributed by atoms with Gasteiger partial charge in [-0.15, -0.1) is 0 Å². The van der Waals surface area contributed by atoms with Crippen LogP contribution in [0.1, 0.15) is 28.4 Å². The Morgan fingerprint density at radius 3 is 2.57 bits per heavy atom. The van der Waals surface area contributed by atoms with Crippen molar-refractivity contribution in [2.24, 2.45) is 7.05 Å². The first-order valence-electron chi connectivity index (χ1n) is 6.65. The minimum absolute atomic E-state index is 0.0674. The van der Waals surface area contributed by atoms with E-state index in [0.29, 0.717) is 12.0 Å². The van der Waals surface area contributed by atoms with E-state index in [1.807, 2.05) is 14.0 Å². The van der Waals surface area contributed by atoms with Crippen LogP contribution in [0.5, 0.6) is 0 Å². The minimum atomic E-state index is -4.31. The number of benzene rings is 1. The fourth-order valence-corrected chi connectivity index (χ4v) is 2.34. The molecule has 6 heteroatoms. The molecule has 0 aliphatic heterocycles. The molecule has 0 bridgehead atoms. The monoisotopic (exact) mass is 297 g/mol. The molecule has 0 radical (unpaired) electrons. The van der Waals surface area contributed by atoms with Crippen LogP contribution in [0.15, 0.2) is 30.5 Å². The Kier molecular flexibility index (Phi) is 4.37. The number of alkyl halides is 3. The van der Waals surface area contributed by atoms with Gasteiger partial charge in [0.25, 0.3) is 0 Å². The molecule has 0 aliphatic carbocycles. The highest BCUT2D eigenvalue weighted by Crippen LogP contribution is 2.30. The summed E-state index contributed by atoms with van der Waals surface area (Å²) in [5, 5.41) is 7.32. The molecular weight excluding hydrogens is 279 g/mol. The van der Waals surface area contributed by atoms with Crippen molar-refractivity contribution in [3.8, 4) is 0 Å². The Labute approximate surface area is 121 Å². The van der Waals surface area contributed by atoms with Gasteiger partial charge in [0, 0.05) is 24.3 Å². The molecule has 21 heavy (non-hydrogen) atoms. The summed E-state index contributed by atoms with van der Waals surface area (Å²) in [6, 6.07) is 5.39. The van der Waals surface area contributed by atoms with E-state index in [9.17, 15) is 13.2 Å². The number of aryl methyl sites for hydroxylation is 1. The molecule has 1 aromatic heterocycles. The molecule has 0 amide bonds. The van der Waals surface area contributed by atoms with Crippen LogP contribution in [0.4, 0.5) is 13.2 Å². The van der Waals surface area contributed by atoms with Gasteiger partial charge >= 0.3 is 6.18 Å². The van der Waals surface area contributed by atoms with Crippen molar-refractivity contribution >= 4 is 0 Å². The van der Waals surface area contributed by atoms with E-state index in [4.69, 9.17) is 0 Å². The summed E-state index contributed by atoms with van der Waals surface area (Å²) in [4.78, 5) is 0. The standard InChI is InChI=1S/C15H18F3N3/c1-10-13(9-20-21(10)3)14(19-2)8-11-5-4-6-12(7-11)15(16,17)18/h4-7,9,14,19H,8H2,1-3H3. The third-order valence-electron chi connectivity index (χ3n) is 3.69. The van der Waals surface area contributed by atoms with E-state index in [1.165, 1.54) is 12.1 Å². The van der Waals surface area contributed by atoms with Crippen LogP contribution in [-0.4, -0.2) is 16.8 Å². The fraction of sp³-hybridized carbons (Fsp3) is 0.400. The van der Waals surface area contributed by atoms with Crippen molar-refractivity contribution in [1.82, 2.24) is 15.1 Å². The molecule has 0 fully saturated rings. The predicted octanol–water partition coefficient (Wildman–Crippen LogP) is 3.25. The Bertz CT molecular complexity index is 617. The summed E-state index contributed by atoms with van der Waals surface area (Å²) >= 11 is 0. The maximum atomic E-state index is 12.7. The van der Waals surface area contributed by atoms with Crippen molar-refractivity contribution < 1.29 is 13.2 Å². The number of aromatic nitrogens is 2. The van der Waals surface area contributed by atoms with Gasteiger partial charge in [0.05, 0.1) is 11.8 Å². The molecule has 2 rings (SSSR count). The summed E-state index contributed by atoms with van der Waals surface area (Å²) in [6.07, 6.45) is -2.08. The largest absolute Gasteiger partial charge is 0.416 e. The second kappa shape index (κ2) is 5.89. The van der Waals surface area contributed by atoms with Gasteiger partial charge in [-0.25, -0.2) is 0 Å². The van der Waals surface area contributed by atoms with Gasteiger partial charge in [0.2, 0.25) is 0 Å². The van der Waals surface area contributed by atoms with Crippen LogP contribution in [0.25, 0.3) is 0 Å². The summed E-state index contributed by atoms with van der Waals surface area (Å²) in [5.41, 5.74) is 2.03. The minimum Gasteiger partial charge on any atom is -0.313 e. The average molecular weight is 297 g/mol. The summed E-state index contributed by atoms with van der Waals surface area (Å²) in [7, 11) is 3.64. The zero-order chi connectivity index (χ0) is 15.6. The number of hydrogen-bond donors (Lipinski definition) is 1. The average Bonchev–Trinajstić information content (AvgIpc) is 2.76. The maximum Gasteiger partial charge on any atom is 0.416 e. The molecule has 1 aromatic carbocycles. The van der Waals surface area contributed by atoms with Crippen molar-refractivity contribution in [2.75, 3.05) is 7.05 Å². The topological polar surface area (TPSA) is 29.9 Å². The number of hydrogen-bond acceptors (Lipinski definition) is 2. The number of halogens is 3. The molecule has 1 heterocycles. The normalized spacial score (nSPS) is 13.4. The van der Waals surface area contributed by atoms with E-state index in [0.717, 1.165) is 17.3 Å². The summed E-state index contributed by atoms with van der Waals surface area (Å²) in [5.74, 6) is 0. The second-order valence-corrected chi connectivity index (χ2v) is 5.05. The molecule has 1 atom stereocenters. The molecule has 0 spiro atoms. The van der Waals surface area contributed by atoms with E-state index < -0.39 is 11.7 Å². The smallest absolute Gasteiger partial charge is 0.313 e. The quantitative estimate of drug-likeness (QED) is 0.939. The highest BCUT2D eigenvalue weighted by Gasteiger charge is 2.30. The molecule has 2 aromatic rings. The zero-order valence-corrected chi connectivity index (χ0v) is 12.2. The van der Waals surface area contributed by atoms with Gasteiger partial charge in [-0.05, 0) is 32.0 Å². The van der Waals surface area contributed by atoms with Gasteiger partial charge in [-0.3, -0.25) is 4.68 Å².